The van der Waals surface area contributed by atoms with Crippen LogP contribution in [0.4, 0.5) is 8.78 Å². The maximum Gasteiger partial charge on any atom is 0.129 e. The number of benzene rings is 2. The number of halogens is 2. The van der Waals surface area contributed by atoms with Crippen molar-refractivity contribution in [3.63, 3.8) is 0 Å². The third-order valence-electron chi connectivity index (χ3n) is 3.92. The molecule has 3 rings (SSSR count). The molecule has 4 heteroatoms. The van der Waals surface area contributed by atoms with E-state index in [9.17, 15) is 8.78 Å². The van der Waals surface area contributed by atoms with E-state index in [1.807, 2.05) is 24.3 Å². The SMILES string of the molecule is NC(Cc1c(F)cccc1F)C1OCCc2ccccc21. The van der Waals surface area contributed by atoms with Gasteiger partial charge in [0, 0.05) is 11.6 Å². The molecule has 2 atom stereocenters. The van der Waals surface area contributed by atoms with Gasteiger partial charge in [0.05, 0.1) is 12.7 Å². The molecule has 0 saturated heterocycles. The monoisotopic (exact) mass is 289 g/mol. The number of fused-ring (bicyclic) bond motifs is 1. The van der Waals surface area contributed by atoms with Gasteiger partial charge in [-0.05, 0) is 36.1 Å². The third-order valence-corrected chi connectivity index (χ3v) is 3.92. The Labute approximate surface area is 122 Å². The largest absolute Gasteiger partial charge is 0.372 e. The summed E-state index contributed by atoms with van der Waals surface area (Å²) in [6.07, 6.45) is 0.624. The van der Waals surface area contributed by atoms with Gasteiger partial charge in [0.15, 0.2) is 0 Å². The quantitative estimate of drug-likeness (QED) is 0.942. The Morgan fingerprint density at radius 3 is 2.57 bits per heavy atom. The molecule has 2 aromatic rings. The molecular formula is C17H17F2NO. The lowest BCUT2D eigenvalue weighted by Gasteiger charge is -2.30. The molecule has 0 radical (unpaired) electrons. The van der Waals surface area contributed by atoms with Crippen molar-refractivity contribution in [1.82, 2.24) is 0 Å². The average Bonchev–Trinajstić information content (AvgIpc) is 2.50. The second-order valence-corrected chi connectivity index (χ2v) is 5.31. The van der Waals surface area contributed by atoms with Gasteiger partial charge in [-0.25, -0.2) is 8.78 Å². The van der Waals surface area contributed by atoms with Gasteiger partial charge in [-0.3, -0.25) is 0 Å². The minimum absolute atomic E-state index is 0.0247. The molecule has 2 N–H and O–H groups in total. The Morgan fingerprint density at radius 2 is 1.81 bits per heavy atom. The van der Waals surface area contributed by atoms with Crippen LogP contribution in [-0.4, -0.2) is 12.6 Å². The van der Waals surface area contributed by atoms with Crippen LogP contribution in [0.1, 0.15) is 22.8 Å². The number of rotatable bonds is 3. The summed E-state index contributed by atoms with van der Waals surface area (Å²) in [5, 5.41) is 0. The van der Waals surface area contributed by atoms with Gasteiger partial charge in [-0.15, -0.1) is 0 Å². The first-order chi connectivity index (χ1) is 10.2. The van der Waals surface area contributed by atoms with E-state index < -0.39 is 17.7 Å². The molecule has 0 aliphatic carbocycles. The number of hydrogen-bond donors (Lipinski definition) is 1. The van der Waals surface area contributed by atoms with Crippen molar-refractivity contribution in [1.29, 1.82) is 0 Å². The molecule has 0 aromatic heterocycles. The highest BCUT2D eigenvalue weighted by atomic mass is 19.1. The molecule has 0 amide bonds. The summed E-state index contributed by atoms with van der Waals surface area (Å²) in [4.78, 5) is 0. The Kier molecular flexibility index (Phi) is 3.99. The lowest BCUT2D eigenvalue weighted by molar-refractivity contribution is 0.0243. The van der Waals surface area contributed by atoms with E-state index in [0.29, 0.717) is 6.61 Å². The van der Waals surface area contributed by atoms with E-state index in [2.05, 4.69) is 0 Å². The minimum atomic E-state index is -0.561. The zero-order valence-electron chi connectivity index (χ0n) is 11.6. The molecule has 1 heterocycles. The van der Waals surface area contributed by atoms with Crippen molar-refractivity contribution in [3.05, 3.63) is 70.8 Å². The van der Waals surface area contributed by atoms with Gasteiger partial charge in [0.1, 0.15) is 11.6 Å². The molecular weight excluding hydrogens is 272 g/mol. The normalized spacial score (nSPS) is 19.1. The molecule has 0 saturated carbocycles. The summed E-state index contributed by atoms with van der Waals surface area (Å²) >= 11 is 0. The first-order valence-electron chi connectivity index (χ1n) is 7.04. The fourth-order valence-corrected chi connectivity index (χ4v) is 2.85. The summed E-state index contributed by atoms with van der Waals surface area (Å²) in [5.74, 6) is -1.12. The van der Waals surface area contributed by atoms with E-state index in [-0.39, 0.29) is 18.1 Å². The lowest BCUT2D eigenvalue weighted by Crippen LogP contribution is -2.36. The van der Waals surface area contributed by atoms with Gasteiger partial charge in [-0.2, -0.15) is 0 Å². The number of hydrogen-bond acceptors (Lipinski definition) is 2. The van der Waals surface area contributed by atoms with E-state index in [4.69, 9.17) is 10.5 Å². The molecule has 1 aliphatic heterocycles. The molecule has 0 fully saturated rings. The van der Waals surface area contributed by atoms with Crippen molar-refractivity contribution in [2.24, 2.45) is 5.73 Å². The predicted octanol–water partition coefficient (Wildman–Crippen LogP) is 3.15. The molecule has 0 bridgehead atoms. The van der Waals surface area contributed by atoms with Crippen LogP contribution in [0.5, 0.6) is 0 Å². The molecule has 2 unspecified atom stereocenters. The van der Waals surface area contributed by atoms with Crippen LogP contribution in [0.2, 0.25) is 0 Å². The van der Waals surface area contributed by atoms with Gasteiger partial charge in [0.2, 0.25) is 0 Å². The van der Waals surface area contributed by atoms with E-state index >= 15 is 0 Å². The van der Waals surface area contributed by atoms with E-state index in [0.717, 1.165) is 12.0 Å². The van der Waals surface area contributed by atoms with Crippen LogP contribution >= 0.6 is 0 Å². The second kappa shape index (κ2) is 5.92. The van der Waals surface area contributed by atoms with Crippen LogP contribution < -0.4 is 5.73 Å². The second-order valence-electron chi connectivity index (χ2n) is 5.31. The fourth-order valence-electron chi connectivity index (χ4n) is 2.85. The first-order valence-corrected chi connectivity index (χ1v) is 7.04. The van der Waals surface area contributed by atoms with Gasteiger partial charge < -0.3 is 10.5 Å². The molecule has 110 valence electrons. The van der Waals surface area contributed by atoms with E-state index in [1.54, 1.807) is 0 Å². The molecule has 0 spiro atoms. The van der Waals surface area contributed by atoms with Crippen molar-refractivity contribution in [2.75, 3.05) is 6.61 Å². The topological polar surface area (TPSA) is 35.2 Å². The highest BCUT2D eigenvalue weighted by Gasteiger charge is 2.27. The van der Waals surface area contributed by atoms with Crippen LogP contribution in [0.25, 0.3) is 0 Å². The summed E-state index contributed by atoms with van der Waals surface area (Å²) in [6, 6.07) is 11.3. The Bertz CT molecular complexity index is 624. The third kappa shape index (κ3) is 2.82. The van der Waals surface area contributed by atoms with Crippen molar-refractivity contribution in [3.8, 4) is 0 Å². The standard InChI is InChI=1S/C17H17F2NO/c18-14-6-3-7-15(19)13(14)10-16(20)17-12-5-2-1-4-11(12)8-9-21-17/h1-7,16-17H,8-10,20H2. The van der Waals surface area contributed by atoms with Gasteiger partial charge in [0.25, 0.3) is 0 Å². The molecule has 21 heavy (non-hydrogen) atoms. The van der Waals surface area contributed by atoms with Crippen LogP contribution in [0.3, 0.4) is 0 Å². The maximum absolute atomic E-state index is 13.7. The van der Waals surface area contributed by atoms with E-state index in [1.165, 1.54) is 23.8 Å². The van der Waals surface area contributed by atoms with Gasteiger partial charge in [-0.1, -0.05) is 30.3 Å². The summed E-state index contributed by atoms with van der Waals surface area (Å²) in [7, 11) is 0. The Balaban J connectivity index is 1.85. The average molecular weight is 289 g/mol. The van der Waals surface area contributed by atoms with Crippen molar-refractivity contribution in [2.45, 2.75) is 25.0 Å². The van der Waals surface area contributed by atoms with Gasteiger partial charge >= 0.3 is 0 Å². The van der Waals surface area contributed by atoms with Crippen LogP contribution in [-0.2, 0) is 17.6 Å². The zero-order chi connectivity index (χ0) is 14.8. The Hall–Kier alpha value is -1.78. The smallest absolute Gasteiger partial charge is 0.129 e. The van der Waals surface area contributed by atoms with Crippen LogP contribution in [0.15, 0.2) is 42.5 Å². The lowest BCUT2D eigenvalue weighted by atomic mass is 9.90. The predicted molar refractivity (Wildman–Crippen MR) is 76.9 cm³/mol. The summed E-state index contributed by atoms with van der Waals surface area (Å²) in [5.41, 5.74) is 8.41. The molecule has 2 aromatic carbocycles. The zero-order valence-corrected chi connectivity index (χ0v) is 11.6. The summed E-state index contributed by atoms with van der Waals surface area (Å²) < 4.78 is 33.2. The number of nitrogens with two attached hydrogens (primary N) is 1. The Morgan fingerprint density at radius 1 is 1.10 bits per heavy atom. The number of ether oxygens (including phenoxy) is 1. The molecule has 2 nitrogen and oxygen atoms in total. The van der Waals surface area contributed by atoms with Crippen LogP contribution in [0, 0.1) is 11.6 Å². The maximum atomic E-state index is 13.7. The highest BCUT2D eigenvalue weighted by molar-refractivity contribution is 5.32. The minimum Gasteiger partial charge on any atom is -0.372 e. The van der Waals surface area contributed by atoms with Crippen molar-refractivity contribution >= 4 is 0 Å². The molecule has 1 aliphatic rings. The first kappa shape index (κ1) is 14.2. The summed E-state index contributed by atoms with van der Waals surface area (Å²) in [6.45, 7) is 0.579. The fraction of sp³-hybridized carbons (Fsp3) is 0.294. The highest BCUT2D eigenvalue weighted by Crippen LogP contribution is 2.30. The van der Waals surface area contributed by atoms with Crippen molar-refractivity contribution < 1.29 is 13.5 Å².